The second-order valence-corrected chi connectivity index (χ2v) is 8.66. The molecule has 2 rings (SSSR count). The molecule has 0 aliphatic heterocycles. The molecular formula is C20H24F2N2O3S. The Bertz CT molecular complexity index is 977. The summed E-state index contributed by atoms with van der Waals surface area (Å²) in [6, 6.07) is 8.07. The predicted molar refractivity (Wildman–Crippen MR) is 106 cm³/mol. The van der Waals surface area contributed by atoms with Crippen LogP contribution in [0.2, 0.25) is 0 Å². The lowest BCUT2D eigenvalue weighted by molar-refractivity contribution is -0.120. The SMILES string of the molecule is CCC(NC(=O)CN(c1ccc(F)cc1F)S(C)(=O)=O)c1ccc(C)cc1C. The van der Waals surface area contributed by atoms with Gasteiger partial charge in [-0.15, -0.1) is 0 Å². The van der Waals surface area contributed by atoms with E-state index >= 15 is 0 Å². The van der Waals surface area contributed by atoms with E-state index in [9.17, 15) is 22.0 Å². The summed E-state index contributed by atoms with van der Waals surface area (Å²) in [7, 11) is -3.96. The van der Waals surface area contributed by atoms with E-state index in [4.69, 9.17) is 0 Å². The Morgan fingerprint density at radius 1 is 1.14 bits per heavy atom. The van der Waals surface area contributed by atoms with Crippen molar-refractivity contribution in [2.75, 3.05) is 17.1 Å². The Kier molecular flexibility index (Phi) is 6.77. The van der Waals surface area contributed by atoms with Gasteiger partial charge in [-0.3, -0.25) is 9.10 Å². The van der Waals surface area contributed by atoms with E-state index in [1.54, 1.807) is 0 Å². The molecule has 0 aliphatic carbocycles. The summed E-state index contributed by atoms with van der Waals surface area (Å²) in [5.41, 5.74) is 2.66. The molecular weight excluding hydrogens is 386 g/mol. The monoisotopic (exact) mass is 410 g/mol. The minimum Gasteiger partial charge on any atom is -0.348 e. The Balaban J connectivity index is 2.26. The third-order valence-electron chi connectivity index (χ3n) is 4.41. The summed E-state index contributed by atoms with van der Waals surface area (Å²) in [4.78, 5) is 12.6. The highest BCUT2D eigenvalue weighted by atomic mass is 32.2. The number of hydrogen-bond acceptors (Lipinski definition) is 3. The van der Waals surface area contributed by atoms with E-state index in [1.165, 1.54) is 0 Å². The van der Waals surface area contributed by atoms with E-state index in [0.29, 0.717) is 16.8 Å². The van der Waals surface area contributed by atoms with Crippen molar-refractivity contribution < 1.29 is 22.0 Å². The van der Waals surface area contributed by atoms with Crippen molar-refractivity contribution in [3.8, 4) is 0 Å². The molecule has 0 bridgehead atoms. The van der Waals surface area contributed by atoms with E-state index in [1.807, 2.05) is 39.0 Å². The highest BCUT2D eigenvalue weighted by molar-refractivity contribution is 7.92. The molecule has 2 aromatic rings. The van der Waals surface area contributed by atoms with Gasteiger partial charge in [0.2, 0.25) is 15.9 Å². The van der Waals surface area contributed by atoms with Gasteiger partial charge in [0.25, 0.3) is 0 Å². The zero-order valence-electron chi connectivity index (χ0n) is 16.3. The van der Waals surface area contributed by atoms with Crippen LogP contribution in [0.1, 0.15) is 36.1 Å². The van der Waals surface area contributed by atoms with E-state index in [2.05, 4.69) is 5.32 Å². The molecule has 0 aromatic heterocycles. The molecule has 1 unspecified atom stereocenters. The van der Waals surface area contributed by atoms with Gasteiger partial charge in [0.05, 0.1) is 18.0 Å². The normalized spacial score (nSPS) is 12.5. The number of benzene rings is 2. The van der Waals surface area contributed by atoms with Gasteiger partial charge in [-0.05, 0) is 43.5 Å². The van der Waals surface area contributed by atoms with Crippen LogP contribution < -0.4 is 9.62 Å². The van der Waals surface area contributed by atoms with Crippen molar-refractivity contribution in [3.05, 3.63) is 64.7 Å². The van der Waals surface area contributed by atoms with Crippen LogP contribution in [0.3, 0.4) is 0 Å². The van der Waals surface area contributed by atoms with Crippen LogP contribution >= 0.6 is 0 Å². The number of hydrogen-bond donors (Lipinski definition) is 1. The average Bonchev–Trinajstić information content (AvgIpc) is 2.58. The van der Waals surface area contributed by atoms with Crippen molar-refractivity contribution >= 4 is 21.6 Å². The topological polar surface area (TPSA) is 66.5 Å². The maximum Gasteiger partial charge on any atom is 0.241 e. The summed E-state index contributed by atoms with van der Waals surface area (Å²) >= 11 is 0. The van der Waals surface area contributed by atoms with Gasteiger partial charge in [0, 0.05) is 6.07 Å². The van der Waals surface area contributed by atoms with E-state index in [-0.39, 0.29) is 11.7 Å². The van der Waals surface area contributed by atoms with Crippen molar-refractivity contribution in [2.24, 2.45) is 0 Å². The standard InChI is InChI=1S/C20H24F2N2O3S/c1-5-18(16-8-6-13(2)10-14(16)3)23-20(25)12-24(28(4,26)27)19-9-7-15(21)11-17(19)22/h6-11,18H,5,12H2,1-4H3,(H,23,25). The zero-order valence-corrected chi connectivity index (χ0v) is 17.1. The van der Waals surface area contributed by atoms with E-state index in [0.717, 1.165) is 35.1 Å². The van der Waals surface area contributed by atoms with Crippen molar-refractivity contribution in [3.63, 3.8) is 0 Å². The van der Waals surface area contributed by atoms with Crippen LogP contribution in [0, 0.1) is 25.5 Å². The van der Waals surface area contributed by atoms with Gasteiger partial charge in [0.1, 0.15) is 18.2 Å². The maximum atomic E-state index is 14.1. The number of carbonyl (C=O) groups is 1. The highest BCUT2D eigenvalue weighted by Gasteiger charge is 2.25. The number of halogens is 2. The second-order valence-electron chi connectivity index (χ2n) is 6.75. The Labute approximate surface area is 164 Å². The summed E-state index contributed by atoms with van der Waals surface area (Å²) in [6.45, 7) is 5.20. The van der Waals surface area contributed by atoms with Gasteiger partial charge in [-0.1, -0.05) is 30.7 Å². The Morgan fingerprint density at radius 3 is 2.36 bits per heavy atom. The number of rotatable bonds is 7. The number of carbonyl (C=O) groups excluding carboxylic acids is 1. The fraction of sp³-hybridized carbons (Fsp3) is 0.350. The lowest BCUT2D eigenvalue weighted by Crippen LogP contribution is -2.42. The smallest absolute Gasteiger partial charge is 0.241 e. The molecule has 28 heavy (non-hydrogen) atoms. The van der Waals surface area contributed by atoms with Crippen LogP contribution in [0.5, 0.6) is 0 Å². The average molecular weight is 410 g/mol. The molecule has 0 aliphatic rings. The largest absolute Gasteiger partial charge is 0.348 e. The first-order valence-corrected chi connectivity index (χ1v) is 10.7. The molecule has 2 aromatic carbocycles. The third-order valence-corrected chi connectivity index (χ3v) is 5.54. The number of sulfonamides is 1. The van der Waals surface area contributed by atoms with Crippen LogP contribution in [-0.4, -0.2) is 27.1 Å². The lowest BCUT2D eigenvalue weighted by atomic mass is 9.97. The minimum absolute atomic E-state index is 0.312. The zero-order chi connectivity index (χ0) is 21.1. The first kappa shape index (κ1) is 21.8. The summed E-state index contributed by atoms with van der Waals surface area (Å²) in [5.74, 6) is -2.47. The number of nitrogens with zero attached hydrogens (tertiary/aromatic N) is 1. The molecule has 0 heterocycles. The van der Waals surface area contributed by atoms with Gasteiger partial charge in [-0.2, -0.15) is 0 Å². The molecule has 5 nitrogen and oxygen atoms in total. The molecule has 0 fully saturated rings. The fourth-order valence-electron chi connectivity index (χ4n) is 3.05. The Hall–Kier alpha value is -2.48. The van der Waals surface area contributed by atoms with Crippen LogP contribution in [0.15, 0.2) is 36.4 Å². The first-order valence-electron chi connectivity index (χ1n) is 8.82. The summed E-state index contributed by atoms with van der Waals surface area (Å²) in [5, 5.41) is 2.80. The molecule has 1 atom stereocenters. The predicted octanol–water partition coefficient (Wildman–Crippen LogP) is 3.62. The second kappa shape index (κ2) is 8.68. The third kappa shape index (κ3) is 5.28. The molecule has 152 valence electrons. The molecule has 1 N–H and O–H groups in total. The van der Waals surface area contributed by atoms with Gasteiger partial charge in [0.15, 0.2) is 0 Å². The van der Waals surface area contributed by atoms with Gasteiger partial charge in [-0.25, -0.2) is 17.2 Å². The molecule has 1 amide bonds. The van der Waals surface area contributed by atoms with E-state index < -0.39 is 34.1 Å². The fourth-order valence-corrected chi connectivity index (χ4v) is 3.91. The number of aryl methyl sites for hydroxylation is 2. The Morgan fingerprint density at radius 2 is 1.82 bits per heavy atom. The summed E-state index contributed by atoms with van der Waals surface area (Å²) < 4.78 is 52.1. The maximum absolute atomic E-state index is 14.1. The molecule has 0 radical (unpaired) electrons. The minimum atomic E-state index is -3.96. The molecule has 0 spiro atoms. The highest BCUT2D eigenvalue weighted by Crippen LogP contribution is 2.24. The number of anilines is 1. The van der Waals surface area contributed by atoms with Crippen LogP contribution in [0.25, 0.3) is 0 Å². The van der Waals surface area contributed by atoms with Crippen LogP contribution in [0.4, 0.5) is 14.5 Å². The van der Waals surface area contributed by atoms with Crippen molar-refractivity contribution in [1.82, 2.24) is 5.32 Å². The summed E-state index contributed by atoms with van der Waals surface area (Å²) in [6.07, 6.45) is 1.46. The van der Waals surface area contributed by atoms with Gasteiger partial charge < -0.3 is 5.32 Å². The molecule has 8 heteroatoms. The van der Waals surface area contributed by atoms with Crippen molar-refractivity contribution in [1.29, 1.82) is 0 Å². The molecule has 0 saturated carbocycles. The van der Waals surface area contributed by atoms with Gasteiger partial charge >= 0.3 is 0 Å². The quantitative estimate of drug-likeness (QED) is 0.758. The first-order chi connectivity index (χ1) is 13.0. The molecule has 0 saturated heterocycles. The van der Waals surface area contributed by atoms with Crippen molar-refractivity contribution in [2.45, 2.75) is 33.2 Å². The van der Waals surface area contributed by atoms with Crippen LogP contribution in [-0.2, 0) is 14.8 Å². The lowest BCUT2D eigenvalue weighted by Gasteiger charge is -2.25. The number of nitrogens with one attached hydrogen (secondary N) is 1. The number of amides is 1.